The van der Waals surface area contributed by atoms with Crippen LogP contribution in [0.1, 0.15) is 24.5 Å². The summed E-state index contributed by atoms with van der Waals surface area (Å²) < 4.78 is 10.6. The lowest BCUT2D eigenvalue weighted by Gasteiger charge is -2.17. The standard InChI is InChI=1S/C15H24N2O3/c1-10-9-14(11(2)8-13(10)16)20-12(3)15(18)17-6-5-7-19-4/h8-9,12H,5-7,16H2,1-4H3,(H,17,18). The average Bonchev–Trinajstić information content (AvgIpc) is 2.40. The first kappa shape index (κ1) is 16.3. The van der Waals surface area contributed by atoms with Crippen LogP contribution in [0, 0.1) is 13.8 Å². The third-order valence-electron chi connectivity index (χ3n) is 3.06. The number of hydrogen-bond donors (Lipinski definition) is 2. The number of anilines is 1. The van der Waals surface area contributed by atoms with Crippen molar-refractivity contribution in [1.82, 2.24) is 5.32 Å². The lowest BCUT2D eigenvalue weighted by molar-refractivity contribution is -0.127. The minimum Gasteiger partial charge on any atom is -0.481 e. The Labute approximate surface area is 120 Å². The van der Waals surface area contributed by atoms with E-state index in [1.54, 1.807) is 14.0 Å². The Balaban J connectivity index is 2.55. The number of benzene rings is 1. The number of carbonyl (C=O) groups is 1. The molecule has 0 saturated heterocycles. The molecule has 0 heterocycles. The largest absolute Gasteiger partial charge is 0.481 e. The SMILES string of the molecule is COCCCNC(=O)C(C)Oc1cc(C)c(N)cc1C. The van der Waals surface area contributed by atoms with Crippen LogP contribution >= 0.6 is 0 Å². The predicted molar refractivity (Wildman–Crippen MR) is 79.9 cm³/mol. The van der Waals surface area contributed by atoms with Gasteiger partial charge in [-0.15, -0.1) is 0 Å². The van der Waals surface area contributed by atoms with Crippen molar-refractivity contribution in [2.75, 3.05) is 26.0 Å². The molecular formula is C15H24N2O3. The van der Waals surface area contributed by atoms with Gasteiger partial charge in [0.15, 0.2) is 6.10 Å². The van der Waals surface area contributed by atoms with E-state index in [9.17, 15) is 4.79 Å². The van der Waals surface area contributed by atoms with Crippen LogP contribution < -0.4 is 15.8 Å². The summed E-state index contributed by atoms with van der Waals surface area (Å²) in [6.45, 7) is 6.77. The van der Waals surface area contributed by atoms with Gasteiger partial charge in [-0.05, 0) is 50.5 Å². The smallest absolute Gasteiger partial charge is 0.260 e. The fraction of sp³-hybridized carbons (Fsp3) is 0.533. The van der Waals surface area contributed by atoms with Gasteiger partial charge in [0.05, 0.1) is 0 Å². The second kappa shape index (κ2) is 7.75. The van der Waals surface area contributed by atoms with Crippen LogP contribution in [0.25, 0.3) is 0 Å². The molecule has 1 amide bonds. The molecule has 0 spiro atoms. The zero-order chi connectivity index (χ0) is 15.1. The quantitative estimate of drug-likeness (QED) is 0.590. The number of hydrogen-bond acceptors (Lipinski definition) is 4. The van der Waals surface area contributed by atoms with Crippen molar-refractivity contribution >= 4 is 11.6 Å². The number of nitrogens with two attached hydrogens (primary N) is 1. The molecule has 1 rings (SSSR count). The highest BCUT2D eigenvalue weighted by Gasteiger charge is 2.15. The summed E-state index contributed by atoms with van der Waals surface area (Å²) in [5.74, 6) is 0.561. The molecule has 5 heteroatoms. The van der Waals surface area contributed by atoms with Crippen LogP contribution in [-0.2, 0) is 9.53 Å². The number of ether oxygens (including phenoxy) is 2. The first-order valence-electron chi connectivity index (χ1n) is 6.75. The third-order valence-corrected chi connectivity index (χ3v) is 3.06. The van der Waals surface area contributed by atoms with Crippen LogP contribution in [0.15, 0.2) is 12.1 Å². The molecule has 112 valence electrons. The number of nitrogen functional groups attached to an aromatic ring is 1. The summed E-state index contributed by atoms with van der Waals surface area (Å²) in [7, 11) is 1.64. The van der Waals surface area contributed by atoms with E-state index in [1.807, 2.05) is 26.0 Å². The van der Waals surface area contributed by atoms with Crippen molar-refractivity contribution in [3.8, 4) is 5.75 Å². The van der Waals surface area contributed by atoms with Gasteiger partial charge in [0.2, 0.25) is 0 Å². The summed E-state index contributed by atoms with van der Waals surface area (Å²) in [4.78, 5) is 11.9. The Morgan fingerprint density at radius 2 is 2.05 bits per heavy atom. The maximum absolute atomic E-state index is 11.9. The summed E-state index contributed by atoms with van der Waals surface area (Å²) in [5.41, 5.74) is 8.42. The molecule has 5 nitrogen and oxygen atoms in total. The normalized spacial score (nSPS) is 12.0. The highest BCUT2D eigenvalue weighted by molar-refractivity contribution is 5.80. The zero-order valence-electron chi connectivity index (χ0n) is 12.7. The summed E-state index contributed by atoms with van der Waals surface area (Å²) in [6.07, 6.45) is 0.244. The molecule has 20 heavy (non-hydrogen) atoms. The summed E-state index contributed by atoms with van der Waals surface area (Å²) in [6, 6.07) is 3.72. The van der Waals surface area contributed by atoms with E-state index in [-0.39, 0.29) is 5.91 Å². The number of rotatable bonds is 7. The van der Waals surface area contributed by atoms with Crippen LogP contribution in [0.2, 0.25) is 0 Å². The van der Waals surface area contributed by atoms with E-state index in [0.29, 0.717) is 18.9 Å². The molecule has 0 aliphatic carbocycles. The van der Waals surface area contributed by atoms with Crippen LogP contribution in [0.5, 0.6) is 5.75 Å². The maximum atomic E-state index is 11.9. The highest BCUT2D eigenvalue weighted by atomic mass is 16.5. The van der Waals surface area contributed by atoms with E-state index >= 15 is 0 Å². The van der Waals surface area contributed by atoms with Crippen LogP contribution in [0.3, 0.4) is 0 Å². The van der Waals surface area contributed by atoms with Crippen molar-refractivity contribution in [3.05, 3.63) is 23.3 Å². The highest BCUT2D eigenvalue weighted by Crippen LogP contribution is 2.25. The number of carbonyl (C=O) groups excluding carboxylic acids is 1. The van der Waals surface area contributed by atoms with Gasteiger partial charge in [-0.2, -0.15) is 0 Å². The van der Waals surface area contributed by atoms with Crippen LogP contribution in [0.4, 0.5) is 5.69 Å². The topological polar surface area (TPSA) is 73.6 Å². The van der Waals surface area contributed by atoms with E-state index in [1.165, 1.54) is 0 Å². The molecule has 0 aliphatic rings. The molecule has 0 aliphatic heterocycles. The summed E-state index contributed by atoms with van der Waals surface area (Å²) >= 11 is 0. The van der Waals surface area contributed by atoms with E-state index in [4.69, 9.17) is 15.2 Å². The molecule has 0 radical (unpaired) electrons. The van der Waals surface area contributed by atoms with E-state index in [0.717, 1.165) is 23.2 Å². The van der Waals surface area contributed by atoms with Crippen molar-refractivity contribution < 1.29 is 14.3 Å². The van der Waals surface area contributed by atoms with Gasteiger partial charge in [0.25, 0.3) is 5.91 Å². The molecule has 0 saturated carbocycles. The Morgan fingerprint density at radius 3 is 2.70 bits per heavy atom. The molecule has 1 atom stereocenters. The monoisotopic (exact) mass is 280 g/mol. The molecular weight excluding hydrogens is 256 g/mol. The number of aryl methyl sites for hydroxylation is 2. The molecule has 1 aromatic carbocycles. The second-order valence-electron chi connectivity index (χ2n) is 4.87. The second-order valence-corrected chi connectivity index (χ2v) is 4.87. The fourth-order valence-corrected chi connectivity index (χ4v) is 1.75. The van der Waals surface area contributed by atoms with Gasteiger partial charge < -0.3 is 20.5 Å². The Hall–Kier alpha value is -1.75. The van der Waals surface area contributed by atoms with Gasteiger partial charge in [0.1, 0.15) is 5.75 Å². The summed E-state index contributed by atoms with van der Waals surface area (Å²) in [5, 5.41) is 2.81. The minimum atomic E-state index is -0.542. The minimum absolute atomic E-state index is 0.130. The first-order valence-corrected chi connectivity index (χ1v) is 6.75. The number of nitrogens with one attached hydrogen (secondary N) is 1. The van der Waals surface area contributed by atoms with Gasteiger partial charge in [-0.1, -0.05) is 0 Å². The Kier molecular flexibility index (Phi) is 6.31. The van der Waals surface area contributed by atoms with Crippen LogP contribution in [-0.4, -0.2) is 32.3 Å². The van der Waals surface area contributed by atoms with Crippen molar-refractivity contribution in [1.29, 1.82) is 0 Å². The third kappa shape index (κ3) is 4.74. The van der Waals surface area contributed by atoms with Crippen molar-refractivity contribution in [2.45, 2.75) is 33.3 Å². The van der Waals surface area contributed by atoms with E-state index in [2.05, 4.69) is 5.32 Å². The number of methoxy groups -OCH3 is 1. The maximum Gasteiger partial charge on any atom is 0.260 e. The van der Waals surface area contributed by atoms with Crippen molar-refractivity contribution in [2.24, 2.45) is 0 Å². The van der Waals surface area contributed by atoms with Gasteiger partial charge in [-0.25, -0.2) is 0 Å². The van der Waals surface area contributed by atoms with Gasteiger partial charge in [0, 0.05) is 25.9 Å². The van der Waals surface area contributed by atoms with Gasteiger partial charge >= 0.3 is 0 Å². The molecule has 1 aromatic rings. The molecule has 1 unspecified atom stereocenters. The lowest BCUT2D eigenvalue weighted by atomic mass is 10.1. The Morgan fingerprint density at radius 1 is 1.35 bits per heavy atom. The lowest BCUT2D eigenvalue weighted by Crippen LogP contribution is -2.37. The van der Waals surface area contributed by atoms with Crippen molar-refractivity contribution in [3.63, 3.8) is 0 Å². The Bertz CT molecular complexity index is 461. The fourth-order valence-electron chi connectivity index (χ4n) is 1.75. The predicted octanol–water partition coefficient (Wildman–Crippen LogP) is 1.81. The average molecular weight is 280 g/mol. The molecule has 0 fully saturated rings. The first-order chi connectivity index (χ1) is 9.45. The molecule has 0 aromatic heterocycles. The van der Waals surface area contributed by atoms with Gasteiger partial charge in [-0.3, -0.25) is 4.79 Å². The number of amides is 1. The van der Waals surface area contributed by atoms with E-state index < -0.39 is 6.10 Å². The molecule has 0 bridgehead atoms. The zero-order valence-corrected chi connectivity index (χ0v) is 12.7. The molecule has 3 N–H and O–H groups in total.